The molecule has 2 rings (SSSR count). The lowest BCUT2D eigenvalue weighted by Crippen LogP contribution is -2.56. The number of ether oxygens (including phenoxy) is 1. The van der Waals surface area contributed by atoms with Gasteiger partial charge in [0.1, 0.15) is 0 Å². The molecule has 5 heteroatoms. The SMILES string of the molecule is CCc1ccccc1CNC(=NC)NCC(C)(C)N1CCOCC1. The molecule has 24 heavy (non-hydrogen) atoms. The molecular formula is C19H32N4O. The first kappa shape index (κ1) is 18.7. The quantitative estimate of drug-likeness (QED) is 0.618. The predicted molar refractivity (Wildman–Crippen MR) is 100 cm³/mol. The highest BCUT2D eigenvalue weighted by molar-refractivity contribution is 5.79. The molecular weight excluding hydrogens is 300 g/mol. The highest BCUT2D eigenvalue weighted by atomic mass is 16.5. The molecule has 0 amide bonds. The minimum absolute atomic E-state index is 0.0721. The Hall–Kier alpha value is -1.59. The van der Waals surface area contributed by atoms with Gasteiger partial charge in [-0.1, -0.05) is 31.2 Å². The smallest absolute Gasteiger partial charge is 0.191 e. The third-order valence-electron chi connectivity index (χ3n) is 4.72. The van der Waals surface area contributed by atoms with Crippen LogP contribution in [0.5, 0.6) is 0 Å². The third kappa shape index (κ3) is 5.21. The standard InChI is InChI=1S/C19H32N4O/c1-5-16-8-6-7-9-17(16)14-21-18(20-4)22-15-19(2,3)23-10-12-24-13-11-23/h6-9H,5,10-15H2,1-4H3,(H2,20,21,22). The topological polar surface area (TPSA) is 48.9 Å². The molecule has 1 aromatic carbocycles. The number of guanidine groups is 1. The molecule has 0 unspecified atom stereocenters. The maximum Gasteiger partial charge on any atom is 0.191 e. The summed E-state index contributed by atoms with van der Waals surface area (Å²) < 4.78 is 5.45. The Morgan fingerprint density at radius 1 is 1.17 bits per heavy atom. The number of benzene rings is 1. The molecule has 0 aromatic heterocycles. The summed E-state index contributed by atoms with van der Waals surface area (Å²) in [6.45, 7) is 12.0. The van der Waals surface area contributed by atoms with Gasteiger partial charge < -0.3 is 15.4 Å². The van der Waals surface area contributed by atoms with Crippen molar-refractivity contribution in [3.05, 3.63) is 35.4 Å². The molecule has 1 saturated heterocycles. The molecule has 2 N–H and O–H groups in total. The minimum Gasteiger partial charge on any atom is -0.379 e. The summed E-state index contributed by atoms with van der Waals surface area (Å²) in [7, 11) is 1.82. The van der Waals surface area contributed by atoms with Crippen molar-refractivity contribution >= 4 is 5.96 Å². The highest BCUT2D eigenvalue weighted by Crippen LogP contribution is 2.15. The van der Waals surface area contributed by atoms with Crippen LogP contribution in [0.25, 0.3) is 0 Å². The van der Waals surface area contributed by atoms with E-state index in [9.17, 15) is 0 Å². The van der Waals surface area contributed by atoms with Gasteiger partial charge in [-0.05, 0) is 31.4 Å². The molecule has 0 atom stereocenters. The summed E-state index contributed by atoms with van der Waals surface area (Å²) in [4.78, 5) is 6.83. The Balaban J connectivity index is 1.86. The molecule has 0 radical (unpaired) electrons. The van der Waals surface area contributed by atoms with E-state index in [1.807, 2.05) is 7.05 Å². The first-order chi connectivity index (χ1) is 11.6. The Kier molecular flexibility index (Phi) is 7.06. The molecule has 1 aromatic rings. The van der Waals surface area contributed by atoms with Crippen LogP contribution in [-0.2, 0) is 17.7 Å². The summed E-state index contributed by atoms with van der Waals surface area (Å²) in [5.41, 5.74) is 2.78. The number of aliphatic imine (C=N–C) groups is 1. The van der Waals surface area contributed by atoms with E-state index in [1.165, 1.54) is 11.1 Å². The Morgan fingerprint density at radius 3 is 2.46 bits per heavy atom. The van der Waals surface area contributed by atoms with Crippen LogP contribution >= 0.6 is 0 Å². The van der Waals surface area contributed by atoms with Gasteiger partial charge in [0, 0.05) is 38.8 Å². The number of hydrogen-bond acceptors (Lipinski definition) is 3. The largest absolute Gasteiger partial charge is 0.379 e. The number of nitrogens with zero attached hydrogens (tertiary/aromatic N) is 2. The van der Waals surface area contributed by atoms with Crippen LogP contribution in [0.1, 0.15) is 31.9 Å². The van der Waals surface area contributed by atoms with E-state index in [2.05, 4.69) is 65.6 Å². The highest BCUT2D eigenvalue weighted by Gasteiger charge is 2.28. The van der Waals surface area contributed by atoms with Gasteiger partial charge in [0.05, 0.1) is 13.2 Å². The van der Waals surface area contributed by atoms with Crippen LogP contribution < -0.4 is 10.6 Å². The number of hydrogen-bond donors (Lipinski definition) is 2. The van der Waals surface area contributed by atoms with Crippen LogP contribution in [0.3, 0.4) is 0 Å². The summed E-state index contributed by atoms with van der Waals surface area (Å²) in [6.07, 6.45) is 1.05. The predicted octanol–water partition coefficient (Wildman–Crippen LogP) is 2.02. The Morgan fingerprint density at radius 2 is 1.83 bits per heavy atom. The van der Waals surface area contributed by atoms with Crippen molar-refractivity contribution < 1.29 is 4.74 Å². The fourth-order valence-electron chi connectivity index (χ4n) is 3.05. The first-order valence-electron chi connectivity index (χ1n) is 8.91. The van der Waals surface area contributed by atoms with Gasteiger partial charge in [-0.3, -0.25) is 9.89 Å². The van der Waals surface area contributed by atoms with Crippen molar-refractivity contribution in [2.24, 2.45) is 4.99 Å². The van der Waals surface area contributed by atoms with E-state index in [0.29, 0.717) is 0 Å². The van der Waals surface area contributed by atoms with Crippen LogP contribution in [0.4, 0.5) is 0 Å². The molecule has 0 aliphatic carbocycles. The van der Waals surface area contributed by atoms with Gasteiger partial charge in [0.15, 0.2) is 5.96 Å². The van der Waals surface area contributed by atoms with Crippen LogP contribution in [0.15, 0.2) is 29.3 Å². The minimum atomic E-state index is 0.0721. The average Bonchev–Trinajstić information content (AvgIpc) is 2.63. The van der Waals surface area contributed by atoms with E-state index in [4.69, 9.17) is 4.74 Å². The van der Waals surface area contributed by atoms with E-state index >= 15 is 0 Å². The third-order valence-corrected chi connectivity index (χ3v) is 4.72. The van der Waals surface area contributed by atoms with Crippen molar-refractivity contribution in [3.8, 4) is 0 Å². The van der Waals surface area contributed by atoms with Gasteiger partial charge in [-0.2, -0.15) is 0 Å². The van der Waals surface area contributed by atoms with E-state index in [0.717, 1.165) is 51.8 Å². The maximum absolute atomic E-state index is 5.45. The second-order valence-electron chi connectivity index (χ2n) is 6.81. The second-order valence-corrected chi connectivity index (χ2v) is 6.81. The fourth-order valence-corrected chi connectivity index (χ4v) is 3.05. The Labute approximate surface area is 146 Å². The zero-order valence-corrected chi connectivity index (χ0v) is 15.6. The molecule has 1 aliphatic heterocycles. The van der Waals surface area contributed by atoms with Crippen molar-refractivity contribution in [1.29, 1.82) is 0 Å². The maximum atomic E-state index is 5.45. The molecule has 0 spiro atoms. The average molecular weight is 332 g/mol. The molecule has 0 bridgehead atoms. The summed E-state index contributed by atoms with van der Waals surface area (Å²) >= 11 is 0. The molecule has 1 aliphatic rings. The van der Waals surface area contributed by atoms with Crippen molar-refractivity contribution in [1.82, 2.24) is 15.5 Å². The van der Waals surface area contributed by atoms with Crippen molar-refractivity contribution in [2.45, 2.75) is 39.3 Å². The zero-order valence-electron chi connectivity index (χ0n) is 15.6. The van der Waals surface area contributed by atoms with Gasteiger partial charge >= 0.3 is 0 Å². The van der Waals surface area contributed by atoms with Gasteiger partial charge in [-0.25, -0.2) is 0 Å². The number of nitrogens with one attached hydrogen (secondary N) is 2. The monoisotopic (exact) mass is 332 g/mol. The molecule has 0 saturated carbocycles. The van der Waals surface area contributed by atoms with Crippen molar-refractivity contribution in [2.75, 3.05) is 39.9 Å². The molecule has 5 nitrogen and oxygen atoms in total. The molecule has 1 fully saturated rings. The van der Waals surface area contributed by atoms with E-state index in [-0.39, 0.29) is 5.54 Å². The number of morpholine rings is 1. The number of aryl methyl sites for hydroxylation is 1. The van der Waals surface area contributed by atoms with Crippen LogP contribution in [-0.4, -0.2) is 56.3 Å². The molecule has 1 heterocycles. The van der Waals surface area contributed by atoms with Gasteiger partial charge in [-0.15, -0.1) is 0 Å². The zero-order chi connectivity index (χ0) is 17.4. The van der Waals surface area contributed by atoms with Crippen molar-refractivity contribution in [3.63, 3.8) is 0 Å². The molecule has 134 valence electrons. The lowest BCUT2D eigenvalue weighted by Gasteiger charge is -2.41. The summed E-state index contributed by atoms with van der Waals surface area (Å²) in [6, 6.07) is 8.56. The summed E-state index contributed by atoms with van der Waals surface area (Å²) in [5, 5.41) is 6.90. The summed E-state index contributed by atoms with van der Waals surface area (Å²) in [5.74, 6) is 0.849. The lowest BCUT2D eigenvalue weighted by molar-refractivity contribution is -0.00834. The first-order valence-corrected chi connectivity index (χ1v) is 8.91. The Bertz CT molecular complexity index is 536. The van der Waals surface area contributed by atoms with Crippen LogP contribution in [0, 0.1) is 0 Å². The van der Waals surface area contributed by atoms with E-state index < -0.39 is 0 Å². The van der Waals surface area contributed by atoms with E-state index in [1.54, 1.807) is 0 Å². The second kappa shape index (κ2) is 9.04. The lowest BCUT2D eigenvalue weighted by atomic mass is 10.0. The normalized spacial score (nSPS) is 16.9. The van der Waals surface area contributed by atoms with Gasteiger partial charge in [0.25, 0.3) is 0 Å². The number of rotatable bonds is 6. The van der Waals surface area contributed by atoms with Gasteiger partial charge in [0.2, 0.25) is 0 Å². The van der Waals surface area contributed by atoms with Crippen LogP contribution in [0.2, 0.25) is 0 Å². The fraction of sp³-hybridized carbons (Fsp3) is 0.632.